The van der Waals surface area contributed by atoms with Gasteiger partial charge in [0.05, 0.1) is 31.2 Å². The maximum atomic E-state index is 13.8. The van der Waals surface area contributed by atoms with E-state index >= 15 is 0 Å². The molecule has 0 saturated heterocycles. The van der Waals surface area contributed by atoms with Crippen molar-refractivity contribution >= 4 is 73.7 Å². The molecule has 0 unspecified atom stereocenters. The summed E-state index contributed by atoms with van der Waals surface area (Å²) in [4.78, 5) is 0.855. The molecule has 0 saturated carbocycles. The summed E-state index contributed by atoms with van der Waals surface area (Å²) in [6.07, 6.45) is -9.72. The molecule has 4 rings (SSSR count). The average molecular weight is 704 g/mol. The van der Waals surface area contributed by atoms with Gasteiger partial charge in [0.1, 0.15) is 28.2 Å². The number of halogens is 10. The Hall–Kier alpha value is -3.87. The summed E-state index contributed by atoms with van der Waals surface area (Å²) in [5.41, 5.74) is 7.52. The first-order valence-electron chi connectivity index (χ1n) is 10.7. The zero-order valence-electron chi connectivity index (χ0n) is 20.2. The molecule has 21 heteroatoms. The number of benzene rings is 2. The highest BCUT2D eigenvalue weighted by Crippen LogP contribution is 2.44. The highest BCUT2D eigenvalue weighted by Gasteiger charge is 2.39. The lowest BCUT2D eigenvalue weighted by Crippen LogP contribution is -2.12. The predicted molar refractivity (Wildman–Crippen MR) is 142 cm³/mol. The molecule has 0 bridgehead atoms. The van der Waals surface area contributed by atoms with Crippen LogP contribution in [0.15, 0.2) is 34.1 Å². The van der Waals surface area contributed by atoms with Gasteiger partial charge in [-0.15, -0.1) is 4.68 Å². The van der Waals surface area contributed by atoms with Crippen LogP contribution in [0.2, 0.25) is 20.1 Å². The highest BCUT2D eigenvalue weighted by atomic mass is 35.5. The fourth-order valence-corrected chi connectivity index (χ4v) is 6.69. The summed E-state index contributed by atoms with van der Waals surface area (Å²) in [6.45, 7) is 7.41. The van der Waals surface area contributed by atoms with Crippen molar-refractivity contribution in [1.82, 2.24) is 19.6 Å². The molecule has 10 nitrogen and oxygen atoms in total. The van der Waals surface area contributed by atoms with Crippen LogP contribution in [0.5, 0.6) is 0 Å². The van der Waals surface area contributed by atoms with Crippen molar-refractivity contribution in [1.29, 1.82) is 5.26 Å². The highest BCUT2D eigenvalue weighted by molar-refractivity contribution is 7.92. The Balaban J connectivity index is 1.97. The number of sulfone groups is 1. The van der Waals surface area contributed by atoms with E-state index in [4.69, 9.17) is 64.4 Å². The fourth-order valence-electron chi connectivity index (χ4n) is 3.80. The van der Waals surface area contributed by atoms with Gasteiger partial charge >= 0.3 is 18.2 Å². The van der Waals surface area contributed by atoms with Gasteiger partial charge in [-0.25, -0.2) is 13.1 Å². The van der Waals surface area contributed by atoms with Crippen LogP contribution in [0.4, 0.5) is 43.8 Å². The third-order valence-corrected chi connectivity index (χ3v) is 8.62. The molecule has 0 amide bonds. The first-order valence-corrected chi connectivity index (χ1v) is 13.7. The molecule has 0 aliphatic carbocycles. The number of nitrogen functional groups attached to an aromatic ring is 2. The van der Waals surface area contributed by atoms with E-state index in [0.717, 1.165) is 0 Å². The molecule has 4 aromatic rings. The van der Waals surface area contributed by atoms with E-state index in [9.17, 15) is 40.0 Å². The molecule has 0 aliphatic heterocycles. The van der Waals surface area contributed by atoms with E-state index < -0.39 is 97.7 Å². The first-order chi connectivity index (χ1) is 19.7. The summed E-state index contributed by atoms with van der Waals surface area (Å²) in [5, 5.41) is 14.4. The number of nitriles is 1. The van der Waals surface area contributed by atoms with E-state index in [2.05, 4.69) is 15.0 Å². The third kappa shape index (κ3) is 5.39. The van der Waals surface area contributed by atoms with Crippen LogP contribution in [0.1, 0.15) is 16.8 Å². The van der Waals surface area contributed by atoms with Gasteiger partial charge in [0.15, 0.2) is 16.4 Å². The minimum atomic E-state index is -5.16. The molecule has 0 aliphatic rings. The largest absolute Gasteiger partial charge is 0.416 e. The minimum Gasteiger partial charge on any atom is -0.382 e. The van der Waals surface area contributed by atoms with Gasteiger partial charge in [-0.1, -0.05) is 53.0 Å². The molecule has 43 heavy (non-hydrogen) atoms. The number of hydrogen-bond donors (Lipinski definition) is 2. The van der Waals surface area contributed by atoms with Crippen molar-refractivity contribution in [3.05, 3.63) is 72.6 Å². The van der Waals surface area contributed by atoms with Crippen LogP contribution < -0.4 is 11.5 Å². The molecule has 2 aromatic carbocycles. The van der Waals surface area contributed by atoms with Gasteiger partial charge in [0.25, 0.3) is 0 Å². The van der Waals surface area contributed by atoms with Gasteiger partial charge in [-0.3, -0.25) is 0 Å². The molecule has 0 spiro atoms. The van der Waals surface area contributed by atoms with Crippen LogP contribution in [-0.4, -0.2) is 28.0 Å². The molecule has 224 valence electrons. The van der Waals surface area contributed by atoms with Gasteiger partial charge in [0.2, 0.25) is 9.84 Å². The quantitative estimate of drug-likeness (QED) is 0.170. The Labute approximate surface area is 256 Å². The Morgan fingerprint density at radius 3 is 1.51 bits per heavy atom. The Bertz CT molecular complexity index is 1840. The molecular formula is C22H8Cl4F6N8O2S. The zero-order valence-corrected chi connectivity index (χ0v) is 24.0. The number of nitrogens with zero attached hydrogens (tertiary/aromatic N) is 6. The number of aromatic nitrogens is 4. The van der Waals surface area contributed by atoms with E-state index in [-0.39, 0.29) is 0 Å². The van der Waals surface area contributed by atoms with E-state index in [1.54, 1.807) is 0 Å². The van der Waals surface area contributed by atoms with Crippen molar-refractivity contribution in [3.8, 4) is 17.4 Å². The van der Waals surface area contributed by atoms with Crippen molar-refractivity contribution < 1.29 is 34.8 Å². The summed E-state index contributed by atoms with van der Waals surface area (Å²) in [7, 11) is -5.16. The molecule has 2 aromatic heterocycles. The summed E-state index contributed by atoms with van der Waals surface area (Å²) in [5.74, 6) is -2.70. The summed E-state index contributed by atoms with van der Waals surface area (Å²) in [6, 6.07) is 3.30. The predicted octanol–water partition coefficient (Wildman–Crippen LogP) is 7.13. The van der Waals surface area contributed by atoms with E-state index in [1.165, 1.54) is 6.07 Å². The van der Waals surface area contributed by atoms with Gasteiger partial charge in [-0.2, -0.15) is 36.7 Å². The van der Waals surface area contributed by atoms with Gasteiger partial charge in [-0.05, 0) is 29.4 Å². The molecule has 4 N–H and O–H groups in total. The van der Waals surface area contributed by atoms with Crippen molar-refractivity contribution in [3.63, 3.8) is 0 Å². The SMILES string of the molecule is [C-]#[N+]c1nn(-c2c(Cl)cc(C(F)(F)F)cc2Cl)c(N)c1S(=O)(=O)c1c(C#N)nn(-c2c(Cl)cc(C(F)(F)F)cc2Cl)c1N. The van der Waals surface area contributed by atoms with Crippen LogP contribution in [0, 0.1) is 17.9 Å². The maximum absolute atomic E-state index is 13.8. The lowest BCUT2D eigenvalue weighted by atomic mass is 10.2. The molecular weight excluding hydrogens is 696 g/mol. The number of nitrogens with two attached hydrogens (primary N) is 2. The summed E-state index contributed by atoms with van der Waals surface area (Å²) >= 11 is 24.0. The first kappa shape index (κ1) is 32.1. The number of alkyl halides is 6. The Morgan fingerprint density at radius 1 is 0.791 bits per heavy atom. The van der Waals surface area contributed by atoms with Crippen LogP contribution >= 0.6 is 46.4 Å². The Kier molecular flexibility index (Phi) is 7.97. The van der Waals surface area contributed by atoms with Gasteiger partial charge < -0.3 is 16.3 Å². The van der Waals surface area contributed by atoms with Crippen molar-refractivity contribution in [2.75, 3.05) is 11.5 Å². The van der Waals surface area contributed by atoms with E-state index in [1.807, 2.05) is 0 Å². The Morgan fingerprint density at radius 2 is 1.16 bits per heavy atom. The lowest BCUT2D eigenvalue weighted by Gasteiger charge is -2.13. The average Bonchev–Trinajstić information content (AvgIpc) is 3.39. The fraction of sp³-hybridized carbons (Fsp3) is 0.0909. The van der Waals surface area contributed by atoms with Crippen molar-refractivity contribution in [2.45, 2.75) is 22.1 Å². The topological polar surface area (TPSA) is 150 Å². The van der Waals surface area contributed by atoms with Crippen LogP contribution in [0.25, 0.3) is 16.2 Å². The molecule has 0 atom stereocenters. The van der Waals surface area contributed by atoms with Crippen molar-refractivity contribution in [2.24, 2.45) is 0 Å². The lowest BCUT2D eigenvalue weighted by molar-refractivity contribution is -0.138. The van der Waals surface area contributed by atoms with E-state index in [0.29, 0.717) is 33.6 Å². The number of rotatable bonds is 4. The summed E-state index contributed by atoms with van der Waals surface area (Å²) < 4.78 is 108. The second-order valence-corrected chi connectivity index (χ2v) is 11.7. The monoisotopic (exact) mass is 702 g/mol. The maximum Gasteiger partial charge on any atom is 0.416 e. The third-order valence-electron chi connectivity index (χ3n) is 5.60. The van der Waals surface area contributed by atoms with Crippen LogP contribution in [-0.2, 0) is 22.2 Å². The second-order valence-electron chi connectivity index (χ2n) is 8.22. The van der Waals surface area contributed by atoms with Gasteiger partial charge in [0, 0.05) is 0 Å². The van der Waals surface area contributed by atoms with Crippen LogP contribution in [0.3, 0.4) is 0 Å². The zero-order chi connectivity index (χ0) is 32.4. The number of anilines is 2. The molecule has 2 heterocycles. The smallest absolute Gasteiger partial charge is 0.382 e. The second kappa shape index (κ2) is 10.7. The minimum absolute atomic E-state index is 0.459. The number of hydrogen-bond acceptors (Lipinski definition) is 7. The molecule has 0 fully saturated rings. The molecule has 0 radical (unpaired) electrons. The normalized spacial score (nSPS) is 12.3. The standard InChI is InChI=1S/C22H8Cl4F6N8O2S/c1-36-20-17(19(35)40(38-20)15-11(25)4-8(5-12(15)26)22(30,31)32)43(41,42)16-13(6-33)37-39(18(16)34)14-9(23)2-7(3-10(14)24)21(27,28)29/h2-5H,34-35H2.